The Hall–Kier alpha value is -0.130. The van der Waals surface area contributed by atoms with E-state index in [0.29, 0.717) is 12.6 Å². The molecule has 0 unspecified atom stereocenters. The lowest BCUT2D eigenvalue weighted by Gasteiger charge is -2.02. The van der Waals surface area contributed by atoms with E-state index in [-0.39, 0.29) is 5.75 Å². The van der Waals surface area contributed by atoms with Gasteiger partial charge in [0.15, 0.2) is 0 Å². The Kier molecular flexibility index (Phi) is 2.86. The molecule has 4 nitrogen and oxygen atoms in total. The highest BCUT2D eigenvalue weighted by molar-refractivity contribution is 7.89. The molecule has 0 bridgehead atoms. The molecular weight excluding hydrogens is 164 g/mol. The smallest absolute Gasteiger partial charge is 0.212 e. The summed E-state index contributed by atoms with van der Waals surface area (Å²) in [6.07, 6.45) is 2.39. The van der Waals surface area contributed by atoms with Gasteiger partial charge in [0.1, 0.15) is 0 Å². The third-order valence-corrected chi connectivity index (χ3v) is 3.06. The summed E-state index contributed by atoms with van der Waals surface area (Å²) in [6.45, 7) is 0.563. The van der Waals surface area contributed by atoms with E-state index in [9.17, 15) is 8.42 Å². The maximum Gasteiger partial charge on any atom is 0.212 e. The first-order chi connectivity index (χ1) is 5.14. The van der Waals surface area contributed by atoms with Crippen LogP contribution in [0.1, 0.15) is 12.8 Å². The molecule has 66 valence electrons. The van der Waals surface area contributed by atoms with Crippen LogP contribution in [0.25, 0.3) is 0 Å². The number of rotatable bonds is 5. The van der Waals surface area contributed by atoms with Crippen LogP contribution in [-0.2, 0) is 10.0 Å². The molecule has 0 spiro atoms. The molecular formula is C6H14N2O2S. The molecule has 1 fully saturated rings. The third-order valence-electron chi connectivity index (χ3n) is 1.69. The lowest BCUT2D eigenvalue weighted by Crippen LogP contribution is -2.30. The van der Waals surface area contributed by atoms with E-state index >= 15 is 0 Å². The van der Waals surface area contributed by atoms with Gasteiger partial charge in [-0.1, -0.05) is 0 Å². The zero-order valence-corrected chi connectivity index (χ0v) is 7.45. The van der Waals surface area contributed by atoms with Gasteiger partial charge in [0.05, 0.1) is 5.75 Å². The molecule has 0 atom stereocenters. The molecule has 0 aromatic heterocycles. The van der Waals surface area contributed by atoms with E-state index in [1.165, 1.54) is 19.9 Å². The van der Waals surface area contributed by atoms with Crippen molar-refractivity contribution in [2.45, 2.75) is 18.9 Å². The van der Waals surface area contributed by atoms with Crippen LogP contribution in [0, 0.1) is 0 Å². The van der Waals surface area contributed by atoms with Crippen molar-refractivity contribution in [2.24, 2.45) is 0 Å². The molecule has 5 heteroatoms. The van der Waals surface area contributed by atoms with E-state index in [0.717, 1.165) is 0 Å². The zero-order valence-electron chi connectivity index (χ0n) is 6.63. The van der Waals surface area contributed by atoms with Gasteiger partial charge in [-0.2, -0.15) is 0 Å². The van der Waals surface area contributed by atoms with Crippen molar-refractivity contribution in [3.8, 4) is 0 Å². The summed E-state index contributed by atoms with van der Waals surface area (Å²) in [4.78, 5) is 0. The standard InChI is InChI=1S/C6H14N2O2S/c1-7-11(9,10)5-4-8-6-2-3-6/h6-8H,2-5H2,1H3. The number of sulfonamides is 1. The maximum atomic E-state index is 10.9. The second-order valence-corrected chi connectivity index (χ2v) is 4.80. The van der Waals surface area contributed by atoms with Crippen LogP contribution in [0.4, 0.5) is 0 Å². The molecule has 0 heterocycles. The van der Waals surface area contributed by atoms with Crippen LogP contribution >= 0.6 is 0 Å². The van der Waals surface area contributed by atoms with Crippen LogP contribution in [0.3, 0.4) is 0 Å². The number of nitrogens with one attached hydrogen (secondary N) is 2. The van der Waals surface area contributed by atoms with Gasteiger partial charge in [0.2, 0.25) is 10.0 Å². The summed E-state index contributed by atoms with van der Waals surface area (Å²) in [5, 5.41) is 3.13. The molecule has 0 aliphatic heterocycles. The number of hydrogen-bond acceptors (Lipinski definition) is 3. The fraction of sp³-hybridized carbons (Fsp3) is 1.00. The van der Waals surface area contributed by atoms with Crippen LogP contribution in [0.15, 0.2) is 0 Å². The topological polar surface area (TPSA) is 58.2 Å². The minimum atomic E-state index is -3.00. The summed E-state index contributed by atoms with van der Waals surface area (Å²) in [7, 11) is -1.56. The monoisotopic (exact) mass is 178 g/mol. The Morgan fingerprint density at radius 1 is 1.45 bits per heavy atom. The zero-order chi connectivity index (χ0) is 8.32. The molecule has 0 aromatic carbocycles. The molecule has 0 aromatic rings. The molecule has 2 N–H and O–H groups in total. The first kappa shape index (κ1) is 8.96. The van der Waals surface area contributed by atoms with Gasteiger partial charge in [-0.15, -0.1) is 0 Å². The third kappa shape index (κ3) is 3.69. The van der Waals surface area contributed by atoms with E-state index in [1.807, 2.05) is 0 Å². The quantitative estimate of drug-likeness (QED) is 0.584. The van der Waals surface area contributed by atoms with Crippen molar-refractivity contribution in [3.63, 3.8) is 0 Å². The second kappa shape index (κ2) is 3.51. The van der Waals surface area contributed by atoms with Gasteiger partial charge in [0.25, 0.3) is 0 Å². The van der Waals surface area contributed by atoms with Crippen LogP contribution in [0.5, 0.6) is 0 Å². The van der Waals surface area contributed by atoms with Gasteiger partial charge in [-0.25, -0.2) is 13.1 Å². The minimum Gasteiger partial charge on any atom is -0.313 e. The predicted molar refractivity (Wildman–Crippen MR) is 43.9 cm³/mol. The van der Waals surface area contributed by atoms with Crippen LogP contribution < -0.4 is 10.0 Å². The van der Waals surface area contributed by atoms with Gasteiger partial charge in [-0.3, -0.25) is 0 Å². The van der Waals surface area contributed by atoms with Crippen LogP contribution in [0.2, 0.25) is 0 Å². The van der Waals surface area contributed by atoms with Crippen molar-refractivity contribution < 1.29 is 8.42 Å². The summed E-state index contributed by atoms with van der Waals surface area (Å²) >= 11 is 0. The highest BCUT2D eigenvalue weighted by Gasteiger charge is 2.20. The summed E-state index contributed by atoms with van der Waals surface area (Å²) in [6, 6.07) is 0.585. The molecule has 0 saturated heterocycles. The van der Waals surface area contributed by atoms with Crippen molar-refractivity contribution in [3.05, 3.63) is 0 Å². The highest BCUT2D eigenvalue weighted by Crippen LogP contribution is 2.17. The lowest BCUT2D eigenvalue weighted by atomic mass is 10.6. The summed E-state index contributed by atoms with van der Waals surface area (Å²) < 4.78 is 24.0. The summed E-state index contributed by atoms with van der Waals surface area (Å²) in [5.74, 6) is 0.181. The molecule has 1 aliphatic carbocycles. The maximum absolute atomic E-state index is 10.9. The SMILES string of the molecule is CNS(=O)(=O)CCNC1CC1. The summed E-state index contributed by atoms with van der Waals surface area (Å²) in [5.41, 5.74) is 0. The van der Waals surface area contributed by atoms with Crippen LogP contribution in [-0.4, -0.2) is 33.8 Å². The Morgan fingerprint density at radius 2 is 2.09 bits per heavy atom. The number of hydrogen-bond donors (Lipinski definition) is 2. The van der Waals surface area contributed by atoms with Crippen molar-refractivity contribution in [2.75, 3.05) is 19.3 Å². The van der Waals surface area contributed by atoms with Gasteiger partial charge in [-0.05, 0) is 19.9 Å². The highest BCUT2D eigenvalue weighted by atomic mass is 32.2. The Bertz CT molecular complexity index is 209. The molecule has 0 radical (unpaired) electrons. The first-order valence-electron chi connectivity index (χ1n) is 3.78. The molecule has 1 aliphatic rings. The Morgan fingerprint density at radius 3 is 2.55 bits per heavy atom. The first-order valence-corrected chi connectivity index (χ1v) is 5.44. The minimum absolute atomic E-state index is 0.181. The van der Waals surface area contributed by atoms with E-state index < -0.39 is 10.0 Å². The molecule has 1 rings (SSSR count). The van der Waals surface area contributed by atoms with Crippen molar-refractivity contribution in [1.82, 2.24) is 10.0 Å². The average molecular weight is 178 g/mol. The fourth-order valence-electron chi connectivity index (χ4n) is 0.787. The van der Waals surface area contributed by atoms with Gasteiger partial charge < -0.3 is 5.32 Å². The van der Waals surface area contributed by atoms with Gasteiger partial charge >= 0.3 is 0 Å². The largest absolute Gasteiger partial charge is 0.313 e. The van der Waals surface area contributed by atoms with Crippen molar-refractivity contribution in [1.29, 1.82) is 0 Å². The Labute approximate surface area is 67.4 Å². The fourth-order valence-corrected chi connectivity index (χ4v) is 1.38. The lowest BCUT2D eigenvalue weighted by molar-refractivity contribution is 0.583. The molecule has 1 saturated carbocycles. The normalized spacial score (nSPS) is 18.6. The van der Waals surface area contributed by atoms with E-state index in [1.54, 1.807) is 0 Å². The predicted octanol–water partition coefficient (Wildman–Crippen LogP) is -0.712. The van der Waals surface area contributed by atoms with Gasteiger partial charge in [0, 0.05) is 12.6 Å². The Balaban J connectivity index is 2.09. The second-order valence-electron chi connectivity index (χ2n) is 2.75. The van der Waals surface area contributed by atoms with E-state index in [4.69, 9.17) is 0 Å². The molecule has 0 amide bonds. The molecule has 11 heavy (non-hydrogen) atoms. The van der Waals surface area contributed by atoms with E-state index in [2.05, 4.69) is 10.0 Å². The van der Waals surface area contributed by atoms with Crippen molar-refractivity contribution >= 4 is 10.0 Å². The average Bonchev–Trinajstić information content (AvgIpc) is 2.71.